The molecule has 2 amide bonds. The van der Waals surface area contributed by atoms with Crippen molar-refractivity contribution in [1.82, 2.24) is 9.88 Å². The van der Waals surface area contributed by atoms with E-state index in [1.54, 1.807) is 35.6 Å². The molecule has 6 heteroatoms. The van der Waals surface area contributed by atoms with Crippen molar-refractivity contribution in [3.05, 3.63) is 75.2 Å². The largest absolute Gasteiger partial charge is 0.352 e. The Labute approximate surface area is 163 Å². The van der Waals surface area contributed by atoms with Crippen LogP contribution in [0.4, 0.5) is 5.69 Å². The van der Waals surface area contributed by atoms with Gasteiger partial charge in [0.1, 0.15) is 0 Å². The number of nitrogens with zero attached hydrogens (tertiary/aromatic N) is 1. The van der Waals surface area contributed by atoms with Gasteiger partial charge in [-0.1, -0.05) is 6.07 Å². The topological polar surface area (TPSA) is 63.1 Å². The maximum absolute atomic E-state index is 12.7. The van der Waals surface area contributed by atoms with Gasteiger partial charge in [-0.3, -0.25) is 9.59 Å². The van der Waals surface area contributed by atoms with Crippen molar-refractivity contribution in [3.8, 4) is 0 Å². The summed E-state index contributed by atoms with van der Waals surface area (Å²) in [5, 5.41) is 7.73. The van der Waals surface area contributed by atoms with E-state index in [4.69, 9.17) is 0 Å². The van der Waals surface area contributed by atoms with E-state index in [9.17, 15) is 9.59 Å². The van der Waals surface area contributed by atoms with Crippen molar-refractivity contribution in [1.29, 1.82) is 0 Å². The second-order valence-electron chi connectivity index (χ2n) is 6.34. The van der Waals surface area contributed by atoms with Crippen LogP contribution in [0.3, 0.4) is 0 Å². The fourth-order valence-electron chi connectivity index (χ4n) is 3.00. The highest BCUT2D eigenvalue weighted by Crippen LogP contribution is 2.20. The standard InChI is InChI=1S/C21H23N3O2S/c1-4-22-20(25)16-7-9-17(10-8-16)23-21(26)19-12-14(2)24(15(19)3)13-18-6-5-11-27-18/h5-12H,4,13H2,1-3H3,(H,22,25)(H,23,26). The maximum Gasteiger partial charge on any atom is 0.257 e. The number of rotatable bonds is 6. The molecule has 0 aliphatic heterocycles. The van der Waals surface area contributed by atoms with Gasteiger partial charge in [0.2, 0.25) is 0 Å². The Morgan fingerprint density at radius 1 is 1.07 bits per heavy atom. The number of amides is 2. The molecule has 27 heavy (non-hydrogen) atoms. The molecular weight excluding hydrogens is 358 g/mol. The van der Waals surface area contributed by atoms with E-state index in [1.165, 1.54) is 4.88 Å². The van der Waals surface area contributed by atoms with Gasteiger partial charge >= 0.3 is 0 Å². The molecule has 3 rings (SSSR count). The smallest absolute Gasteiger partial charge is 0.257 e. The average molecular weight is 382 g/mol. The highest BCUT2D eigenvalue weighted by molar-refractivity contribution is 7.09. The highest BCUT2D eigenvalue weighted by atomic mass is 32.1. The molecule has 0 aliphatic rings. The molecule has 0 unspecified atom stereocenters. The summed E-state index contributed by atoms with van der Waals surface area (Å²) in [6, 6.07) is 13.0. The number of thiophene rings is 1. The maximum atomic E-state index is 12.7. The third kappa shape index (κ3) is 4.28. The van der Waals surface area contributed by atoms with Crippen LogP contribution in [0.2, 0.25) is 0 Å². The van der Waals surface area contributed by atoms with Crippen molar-refractivity contribution in [3.63, 3.8) is 0 Å². The molecule has 0 saturated carbocycles. The summed E-state index contributed by atoms with van der Waals surface area (Å²) in [6.45, 7) is 7.20. The molecular formula is C21H23N3O2S. The molecule has 0 aliphatic carbocycles. The Morgan fingerprint density at radius 3 is 2.44 bits per heavy atom. The average Bonchev–Trinajstić information content (AvgIpc) is 3.26. The fraction of sp³-hybridized carbons (Fsp3) is 0.238. The predicted octanol–water partition coefficient (Wildman–Crippen LogP) is 4.22. The third-order valence-corrected chi connectivity index (χ3v) is 5.32. The van der Waals surface area contributed by atoms with Crippen molar-refractivity contribution in [2.75, 3.05) is 11.9 Å². The lowest BCUT2D eigenvalue weighted by Gasteiger charge is -2.09. The zero-order chi connectivity index (χ0) is 19.4. The minimum Gasteiger partial charge on any atom is -0.352 e. The number of aryl methyl sites for hydroxylation is 1. The van der Waals surface area contributed by atoms with Crippen LogP contribution in [-0.4, -0.2) is 22.9 Å². The molecule has 0 fully saturated rings. The SMILES string of the molecule is CCNC(=O)c1ccc(NC(=O)c2cc(C)n(Cc3cccs3)c2C)cc1. The molecule has 3 aromatic rings. The zero-order valence-electron chi connectivity index (χ0n) is 15.7. The van der Waals surface area contributed by atoms with Crippen LogP contribution < -0.4 is 10.6 Å². The number of hydrogen-bond acceptors (Lipinski definition) is 3. The monoisotopic (exact) mass is 381 g/mol. The van der Waals surface area contributed by atoms with Gasteiger partial charge in [-0.15, -0.1) is 11.3 Å². The Kier molecular flexibility index (Phi) is 5.76. The number of aromatic nitrogens is 1. The predicted molar refractivity (Wildman–Crippen MR) is 110 cm³/mol. The molecule has 1 aromatic carbocycles. The van der Waals surface area contributed by atoms with Crippen LogP contribution in [0, 0.1) is 13.8 Å². The van der Waals surface area contributed by atoms with Gasteiger partial charge in [0.25, 0.3) is 11.8 Å². The van der Waals surface area contributed by atoms with E-state index in [-0.39, 0.29) is 11.8 Å². The third-order valence-electron chi connectivity index (χ3n) is 4.45. The van der Waals surface area contributed by atoms with Crippen molar-refractivity contribution in [2.45, 2.75) is 27.3 Å². The minimum absolute atomic E-state index is 0.118. The number of carbonyl (C=O) groups is 2. The van der Waals surface area contributed by atoms with Gasteiger partial charge < -0.3 is 15.2 Å². The fourth-order valence-corrected chi connectivity index (χ4v) is 3.69. The first-order valence-electron chi connectivity index (χ1n) is 8.88. The van der Waals surface area contributed by atoms with Crippen LogP contribution in [-0.2, 0) is 6.54 Å². The zero-order valence-corrected chi connectivity index (χ0v) is 16.5. The van der Waals surface area contributed by atoms with Crippen molar-refractivity contribution >= 4 is 28.8 Å². The van der Waals surface area contributed by atoms with Gasteiger partial charge in [-0.2, -0.15) is 0 Å². The summed E-state index contributed by atoms with van der Waals surface area (Å²) in [5.41, 5.74) is 3.90. The number of carbonyl (C=O) groups excluding carboxylic acids is 2. The van der Waals surface area contributed by atoms with E-state index in [1.807, 2.05) is 32.9 Å². The van der Waals surface area contributed by atoms with Gasteiger partial charge in [0, 0.05) is 34.1 Å². The summed E-state index contributed by atoms with van der Waals surface area (Å²) in [7, 11) is 0. The van der Waals surface area contributed by atoms with Crippen LogP contribution >= 0.6 is 11.3 Å². The molecule has 2 N–H and O–H groups in total. The lowest BCUT2D eigenvalue weighted by molar-refractivity contribution is 0.0955. The van der Waals surface area contributed by atoms with Crippen molar-refractivity contribution < 1.29 is 9.59 Å². The van der Waals surface area contributed by atoms with Crippen molar-refractivity contribution in [2.24, 2.45) is 0 Å². The molecule has 0 atom stereocenters. The summed E-state index contributed by atoms with van der Waals surface area (Å²) in [5.74, 6) is -0.265. The number of nitrogens with one attached hydrogen (secondary N) is 2. The molecule has 2 heterocycles. The Morgan fingerprint density at radius 2 is 1.81 bits per heavy atom. The first kappa shape index (κ1) is 18.9. The molecule has 0 spiro atoms. The van der Waals surface area contributed by atoms with E-state index in [0.29, 0.717) is 23.4 Å². The molecule has 0 saturated heterocycles. The molecule has 2 aromatic heterocycles. The van der Waals surface area contributed by atoms with Gasteiger partial charge in [0.15, 0.2) is 0 Å². The first-order chi connectivity index (χ1) is 13.0. The quantitative estimate of drug-likeness (QED) is 0.672. The van der Waals surface area contributed by atoms with Gasteiger partial charge in [-0.25, -0.2) is 0 Å². The Hall–Kier alpha value is -2.86. The normalized spacial score (nSPS) is 10.6. The van der Waals surface area contributed by atoms with E-state index in [2.05, 4.69) is 26.6 Å². The van der Waals surface area contributed by atoms with E-state index in [0.717, 1.165) is 17.9 Å². The molecule has 140 valence electrons. The lowest BCUT2D eigenvalue weighted by atomic mass is 10.1. The van der Waals surface area contributed by atoms with Crippen LogP contribution in [0.25, 0.3) is 0 Å². The number of hydrogen-bond donors (Lipinski definition) is 2. The summed E-state index contributed by atoms with van der Waals surface area (Å²) < 4.78 is 2.15. The lowest BCUT2D eigenvalue weighted by Crippen LogP contribution is -2.22. The Bertz CT molecular complexity index is 941. The van der Waals surface area contributed by atoms with Crippen LogP contribution in [0.1, 0.15) is 43.9 Å². The summed E-state index contributed by atoms with van der Waals surface area (Å²) in [6.07, 6.45) is 0. The second kappa shape index (κ2) is 8.22. The number of benzene rings is 1. The van der Waals surface area contributed by atoms with E-state index >= 15 is 0 Å². The molecule has 0 radical (unpaired) electrons. The van der Waals surface area contributed by atoms with E-state index < -0.39 is 0 Å². The summed E-state index contributed by atoms with van der Waals surface area (Å²) >= 11 is 1.71. The molecule has 0 bridgehead atoms. The Balaban J connectivity index is 1.74. The van der Waals surface area contributed by atoms with Crippen LogP contribution in [0.15, 0.2) is 47.8 Å². The first-order valence-corrected chi connectivity index (χ1v) is 9.76. The molecule has 5 nitrogen and oxygen atoms in total. The minimum atomic E-state index is -0.147. The number of anilines is 1. The van der Waals surface area contributed by atoms with Crippen LogP contribution in [0.5, 0.6) is 0 Å². The summed E-state index contributed by atoms with van der Waals surface area (Å²) in [4.78, 5) is 25.8. The second-order valence-corrected chi connectivity index (χ2v) is 7.37. The van der Waals surface area contributed by atoms with Gasteiger partial charge in [-0.05, 0) is 62.5 Å². The van der Waals surface area contributed by atoms with Gasteiger partial charge in [0.05, 0.1) is 12.1 Å². The highest BCUT2D eigenvalue weighted by Gasteiger charge is 2.16.